The molecule has 1 heterocycles. The molecule has 2 aromatic carbocycles. The minimum atomic E-state index is -1.51. The second-order valence-electron chi connectivity index (χ2n) is 7.15. The lowest BCUT2D eigenvalue weighted by atomic mass is 10.0. The highest BCUT2D eigenvalue weighted by Gasteiger charge is 2.45. The first-order chi connectivity index (χ1) is 14.6. The summed E-state index contributed by atoms with van der Waals surface area (Å²) in [7, 11) is 0.0205. The van der Waals surface area contributed by atoms with E-state index >= 15 is 0 Å². The highest BCUT2D eigenvalue weighted by Crippen LogP contribution is 2.27. The molecule has 1 aliphatic rings. The Hall–Kier alpha value is -1.84. The van der Waals surface area contributed by atoms with Crippen molar-refractivity contribution in [3.63, 3.8) is 0 Å². The zero-order chi connectivity index (χ0) is 21.3. The third-order valence-corrected chi connectivity index (χ3v) is 7.19. The largest absolute Gasteiger partial charge is 0.405 e. The molecule has 0 spiro atoms. The first kappa shape index (κ1) is 22.8. The maximum Gasteiger partial charge on any atom is 0.283 e. The fourth-order valence-electron chi connectivity index (χ4n) is 3.51. The fraction of sp³-hybridized carbons (Fsp3) is 0.391. The van der Waals surface area contributed by atoms with Crippen LogP contribution in [0.25, 0.3) is 0 Å². The molecule has 1 saturated heterocycles. The van der Waals surface area contributed by atoms with Crippen LogP contribution in [0.15, 0.2) is 73.3 Å². The van der Waals surface area contributed by atoms with E-state index in [4.69, 9.17) is 18.6 Å². The van der Waals surface area contributed by atoms with Gasteiger partial charge in [0.15, 0.2) is 0 Å². The Balaban J connectivity index is 1.74. The first-order valence-corrected chi connectivity index (χ1v) is 11.4. The number of aliphatic hydroxyl groups is 2. The van der Waals surface area contributed by atoms with Crippen LogP contribution in [0, 0.1) is 0 Å². The van der Waals surface area contributed by atoms with Gasteiger partial charge in [0.2, 0.25) is 0 Å². The standard InChI is InChI=1S/C23H29O6Si/c1-3-17(24)14-20-22(25)23(27-16-26-2)21(29-20)15-28-30(18-10-6-4-7-11-18)19-12-8-5-9-13-19/h3-13,17,20-25H,1,14-16H2,2H3/t17-,20+,21+,22-,23-/m0/s1. The van der Waals surface area contributed by atoms with E-state index in [1.165, 1.54) is 13.2 Å². The van der Waals surface area contributed by atoms with Gasteiger partial charge in [-0.15, -0.1) is 6.58 Å². The molecule has 0 aliphatic carbocycles. The van der Waals surface area contributed by atoms with E-state index in [1.807, 2.05) is 36.4 Å². The second-order valence-corrected chi connectivity index (χ2v) is 9.25. The second kappa shape index (κ2) is 11.5. The zero-order valence-corrected chi connectivity index (χ0v) is 18.1. The van der Waals surface area contributed by atoms with Gasteiger partial charge in [-0.2, -0.15) is 0 Å². The van der Waals surface area contributed by atoms with Gasteiger partial charge in [0, 0.05) is 13.5 Å². The van der Waals surface area contributed by atoms with Gasteiger partial charge < -0.3 is 28.8 Å². The fourth-order valence-corrected chi connectivity index (χ4v) is 5.50. The SMILES string of the molecule is C=C[C@H](O)C[C@H]1O[C@H](CO[Si](c2ccccc2)c2ccccc2)[C@H](OCOC)[C@H]1O. The Morgan fingerprint density at radius 2 is 1.67 bits per heavy atom. The van der Waals surface area contributed by atoms with Crippen molar-refractivity contribution in [2.45, 2.75) is 36.9 Å². The topological polar surface area (TPSA) is 77.4 Å². The molecule has 1 radical (unpaired) electrons. The molecule has 161 valence electrons. The van der Waals surface area contributed by atoms with Crippen molar-refractivity contribution < 1.29 is 28.8 Å². The van der Waals surface area contributed by atoms with Crippen LogP contribution >= 0.6 is 0 Å². The summed E-state index contributed by atoms with van der Waals surface area (Å²) in [6.45, 7) is 3.87. The Kier molecular flexibility index (Phi) is 8.77. The number of benzene rings is 2. The van der Waals surface area contributed by atoms with Gasteiger partial charge in [-0.1, -0.05) is 66.7 Å². The van der Waals surface area contributed by atoms with Crippen molar-refractivity contribution in [3.05, 3.63) is 73.3 Å². The number of rotatable bonds is 11. The summed E-state index contributed by atoms with van der Waals surface area (Å²) < 4.78 is 23.1. The molecule has 1 aliphatic heterocycles. The van der Waals surface area contributed by atoms with Gasteiger partial charge in [0.1, 0.15) is 25.1 Å². The van der Waals surface area contributed by atoms with Gasteiger partial charge >= 0.3 is 0 Å². The van der Waals surface area contributed by atoms with Crippen LogP contribution in [0.4, 0.5) is 0 Å². The Morgan fingerprint density at radius 3 is 2.20 bits per heavy atom. The van der Waals surface area contributed by atoms with Crippen LogP contribution in [0.5, 0.6) is 0 Å². The molecule has 2 aromatic rings. The number of hydrogen-bond acceptors (Lipinski definition) is 6. The molecule has 3 rings (SSSR count). The van der Waals surface area contributed by atoms with Crippen molar-refractivity contribution in [1.29, 1.82) is 0 Å². The molecule has 1 fully saturated rings. The minimum Gasteiger partial charge on any atom is -0.405 e. The lowest BCUT2D eigenvalue weighted by molar-refractivity contribution is -0.118. The molecule has 30 heavy (non-hydrogen) atoms. The summed E-state index contributed by atoms with van der Waals surface area (Å²) in [5.74, 6) is 0. The van der Waals surface area contributed by atoms with E-state index in [1.54, 1.807) is 0 Å². The highest BCUT2D eigenvalue weighted by molar-refractivity contribution is 6.80. The number of aliphatic hydroxyl groups excluding tert-OH is 2. The van der Waals surface area contributed by atoms with Crippen LogP contribution in [-0.2, 0) is 18.6 Å². The van der Waals surface area contributed by atoms with Gasteiger partial charge in [-0.05, 0) is 10.4 Å². The molecule has 0 aromatic heterocycles. The summed E-state index contributed by atoms with van der Waals surface area (Å²) in [6, 6.07) is 20.2. The summed E-state index contributed by atoms with van der Waals surface area (Å²) in [6.07, 6.45) is -1.66. The number of methoxy groups -OCH3 is 1. The molecule has 0 amide bonds. The smallest absolute Gasteiger partial charge is 0.283 e. The van der Waals surface area contributed by atoms with Gasteiger partial charge in [0.05, 0.1) is 18.8 Å². The van der Waals surface area contributed by atoms with E-state index in [-0.39, 0.29) is 19.8 Å². The third-order valence-electron chi connectivity index (χ3n) is 5.02. The predicted octanol–water partition coefficient (Wildman–Crippen LogP) is 0.863. The summed E-state index contributed by atoms with van der Waals surface area (Å²) in [5, 5.41) is 22.8. The van der Waals surface area contributed by atoms with E-state index in [0.29, 0.717) is 0 Å². The Bertz CT molecular complexity index is 719. The summed E-state index contributed by atoms with van der Waals surface area (Å²) in [5.41, 5.74) is 0. The monoisotopic (exact) mass is 429 g/mol. The van der Waals surface area contributed by atoms with Crippen molar-refractivity contribution in [1.82, 2.24) is 0 Å². The normalized spacial score (nSPS) is 24.8. The molecule has 7 heteroatoms. The van der Waals surface area contributed by atoms with Crippen LogP contribution in [0.3, 0.4) is 0 Å². The quantitative estimate of drug-likeness (QED) is 0.314. The maximum atomic E-state index is 10.7. The van der Waals surface area contributed by atoms with E-state index in [9.17, 15) is 10.2 Å². The summed E-state index contributed by atoms with van der Waals surface area (Å²) >= 11 is 0. The van der Waals surface area contributed by atoms with Crippen LogP contribution in [0.2, 0.25) is 0 Å². The zero-order valence-electron chi connectivity index (χ0n) is 17.1. The van der Waals surface area contributed by atoms with Crippen molar-refractivity contribution in [3.8, 4) is 0 Å². The lowest BCUT2D eigenvalue weighted by Gasteiger charge is -2.23. The minimum absolute atomic E-state index is 0.0352. The average molecular weight is 430 g/mol. The number of hydrogen-bond donors (Lipinski definition) is 2. The Morgan fingerprint density at radius 1 is 1.07 bits per heavy atom. The average Bonchev–Trinajstić information content (AvgIpc) is 3.08. The van der Waals surface area contributed by atoms with E-state index in [0.717, 1.165) is 10.4 Å². The molecule has 0 bridgehead atoms. The van der Waals surface area contributed by atoms with Crippen LogP contribution in [0.1, 0.15) is 6.42 Å². The third kappa shape index (κ3) is 5.86. The molecular formula is C23H29O6Si. The van der Waals surface area contributed by atoms with Crippen LogP contribution in [-0.4, -0.2) is 70.3 Å². The van der Waals surface area contributed by atoms with Crippen molar-refractivity contribution in [2.24, 2.45) is 0 Å². The molecule has 0 saturated carbocycles. The van der Waals surface area contributed by atoms with Gasteiger partial charge in [0.25, 0.3) is 9.04 Å². The van der Waals surface area contributed by atoms with E-state index in [2.05, 4.69) is 30.8 Å². The molecular weight excluding hydrogens is 400 g/mol. The maximum absolute atomic E-state index is 10.7. The van der Waals surface area contributed by atoms with Gasteiger partial charge in [-0.25, -0.2) is 0 Å². The lowest BCUT2D eigenvalue weighted by Crippen LogP contribution is -2.47. The predicted molar refractivity (Wildman–Crippen MR) is 116 cm³/mol. The first-order valence-electron chi connectivity index (χ1n) is 9.99. The Labute approximate surface area is 179 Å². The van der Waals surface area contributed by atoms with Crippen LogP contribution < -0.4 is 10.4 Å². The van der Waals surface area contributed by atoms with Crippen molar-refractivity contribution in [2.75, 3.05) is 20.5 Å². The molecule has 6 nitrogen and oxygen atoms in total. The van der Waals surface area contributed by atoms with Crippen molar-refractivity contribution >= 4 is 19.4 Å². The molecule has 2 N–H and O–H groups in total. The van der Waals surface area contributed by atoms with Gasteiger partial charge in [-0.3, -0.25) is 0 Å². The van der Waals surface area contributed by atoms with E-state index < -0.39 is 39.6 Å². The molecule has 5 atom stereocenters. The molecule has 0 unspecified atom stereocenters. The number of ether oxygens (including phenoxy) is 3. The highest BCUT2D eigenvalue weighted by atomic mass is 28.3. The summed E-state index contributed by atoms with van der Waals surface area (Å²) in [4.78, 5) is 0.